The van der Waals surface area contributed by atoms with E-state index in [4.69, 9.17) is 16.9 Å². The zero-order valence-corrected chi connectivity index (χ0v) is 19.5. The van der Waals surface area contributed by atoms with Gasteiger partial charge in [0.1, 0.15) is 11.9 Å². The van der Waals surface area contributed by atoms with Crippen molar-refractivity contribution < 1.29 is 9.59 Å². The summed E-state index contributed by atoms with van der Waals surface area (Å²) in [6, 6.07) is 14.5. The highest BCUT2D eigenvalue weighted by atomic mass is 32.2. The molecule has 9 heteroatoms. The van der Waals surface area contributed by atoms with Gasteiger partial charge in [0, 0.05) is 42.2 Å². The number of carbonyl (C=O) groups excluding carboxylic acids is 2. The number of nitrogens with one attached hydrogen (secondary N) is 3. The first kappa shape index (κ1) is 24.8. The van der Waals surface area contributed by atoms with Gasteiger partial charge in [-0.2, -0.15) is 0 Å². The summed E-state index contributed by atoms with van der Waals surface area (Å²) >= 11 is 1.36. The summed E-state index contributed by atoms with van der Waals surface area (Å²) in [6.45, 7) is 1.85. The van der Waals surface area contributed by atoms with Crippen LogP contribution in [0.15, 0.2) is 53.4 Å². The average molecular weight is 469 g/mol. The molecular weight excluding hydrogens is 436 g/mol. The number of nitrogens with two attached hydrogens (primary N) is 2. The van der Waals surface area contributed by atoms with Gasteiger partial charge in [0.2, 0.25) is 11.8 Å². The quantitative estimate of drug-likeness (QED) is 0.206. The van der Waals surface area contributed by atoms with E-state index in [2.05, 4.69) is 10.0 Å². The van der Waals surface area contributed by atoms with E-state index in [9.17, 15) is 9.59 Å². The third kappa shape index (κ3) is 7.59. The van der Waals surface area contributed by atoms with Gasteiger partial charge in [-0.25, -0.2) is 4.72 Å². The van der Waals surface area contributed by atoms with Crippen molar-refractivity contribution in [3.8, 4) is 0 Å². The Balaban J connectivity index is 1.72. The van der Waals surface area contributed by atoms with Crippen molar-refractivity contribution in [3.63, 3.8) is 0 Å². The topological polar surface area (TPSA) is 137 Å². The molecule has 2 aromatic rings. The minimum absolute atomic E-state index is 0.00610. The molecule has 0 bridgehead atoms. The van der Waals surface area contributed by atoms with E-state index in [0.717, 1.165) is 42.8 Å². The Hall–Kier alpha value is -2.88. The standard InChI is InChI=1S/C24H32N6O2S/c25-11-10-22(31)28-19-8-5-9-20(16-19)33-29-21(24(32)30-12-2-1-3-13-30)15-17-6-4-7-18(14-17)23(26)27/h4-9,14,16,21,29H,1-3,10-13,15,25H2,(H3,26,27)(H,28,31)/t21-/m0/s1. The van der Waals surface area contributed by atoms with Gasteiger partial charge >= 0.3 is 0 Å². The van der Waals surface area contributed by atoms with Gasteiger partial charge < -0.3 is 21.7 Å². The second-order valence-corrected chi connectivity index (χ2v) is 9.00. The number of nitrogen functional groups attached to an aromatic ring is 1. The van der Waals surface area contributed by atoms with Crippen LogP contribution >= 0.6 is 11.9 Å². The largest absolute Gasteiger partial charge is 0.384 e. The van der Waals surface area contributed by atoms with Gasteiger partial charge in [0.25, 0.3) is 0 Å². The normalized spacial score (nSPS) is 14.5. The molecular formula is C24H32N6O2S. The van der Waals surface area contributed by atoms with E-state index in [-0.39, 0.29) is 24.1 Å². The lowest BCUT2D eigenvalue weighted by molar-refractivity contribution is -0.133. The molecule has 0 aromatic heterocycles. The number of likely N-dealkylation sites (tertiary alicyclic amines) is 1. The molecule has 0 radical (unpaired) electrons. The zero-order valence-electron chi connectivity index (χ0n) is 18.7. The fourth-order valence-electron chi connectivity index (χ4n) is 3.75. The van der Waals surface area contributed by atoms with Crippen LogP contribution in [0.25, 0.3) is 0 Å². The van der Waals surface area contributed by atoms with Gasteiger partial charge in [-0.1, -0.05) is 24.3 Å². The lowest BCUT2D eigenvalue weighted by Crippen LogP contribution is -2.47. The lowest BCUT2D eigenvalue weighted by Gasteiger charge is -2.30. The molecule has 0 saturated carbocycles. The van der Waals surface area contributed by atoms with E-state index >= 15 is 0 Å². The first-order chi connectivity index (χ1) is 16.0. The monoisotopic (exact) mass is 468 g/mol. The summed E-state index contributed by atoms with van der Waals surface area (Å²) in [7, 11) is 0. The number of piperidine rings is 1. The van der Waals surface area contributed by atoms with E-state index < -0.39 is 6.04 Å². The molecule has 0 spiro atoms. The summed E-state index contributed by atoms with van der Waals surface area (Å²) in [6.07, 6.45) is 3.95. The van der Waals surface area contributed by atoms with E-state index in [1.165, 1.54) is 11.9 Å². The fourth-order valence-corrected chi connectivity index (χ4v) is 4.54. The maximum Gasteiger partial charge on any atom is 0.240 e. The van der Waals surface area contributed by atoms with Crippen molar-refractivity contribution in [3.05, 3.63) is 59.7 Å². The highest BCUT2D eigenvalue weighted by Crippen LogP contribution is 2.22. The smallest absolute Gasteiger partial charge is 0.240 e. The second kappa shape index (κ2) is 12.4. The third-order valence-electron chi connectivity index (χ3n) is 5.45. The van der Waals surface area contributed by atoms with Crippen molar-refractivity contribution in [2.24, 2.45) is 11.5 Å². The molecule has 1 aliphatic rings. The van der Waals surface area contributed by atoms with Crippen molar-refractivity contribution in [2.75, 3.05) is 25.0 Å². The molecule has 8 nitrogen and oxygen atoms in total. The van der Waals surface area contributed by atoms with Crippen LogP contribution in [-0.2, 0) is 16.0 Å². The second-order valence-electron chi connectivity index (χ2n) is 8.09. The number of carbonyl (C=O) groups is 2. The number of hydrogen-bond donors (Lipinski definition) is 5. The lowest BCUT2D eigenvalue weighted by atomic mass is 10.0. The molecule has 3 rings (SSSR count). The number of amides is 2. The summed E-state index contributed by atoms with van der Waals surface area (Å²) in [4.78, 5) is 28.0. The highest BCUT2D eigenvalue weighted by Gasteiger charge is 2.26. The van der Waals surface area contributed by atoms with Crippen LogP contribution in [0.5, 0.6) is 0 Å². The molecule has 0 aliphatic carbocycles. The molecule has 7 N–H and O–H groups in total. The van der Waals surface area contributed by atoms with Gasteiger partial charge in [0.05, 0.1) is 0 Å². The molecule has 176 valence electrons. The summed E-state index contributed by atoms with van der Waals surface area (Å²) in [5.74, 6) is -0.0504. The Bertz CT molecular complexity index is 977. The van der Waals surface area contributed by atoms with E-state index in [1.807, 2.05) is 47.4 Å². The van der Waals surface area contributed by atoms with Gasteiger partial charge in [0.15, 0.2) is 0 Å². The molecule has 2 amide bonds. The first-order valence-electron chi connectivity index (χ1n) is 11.2. The van der Waals surface area contributed by atoms with Crippen LogP contribution in [0.3, 0.4) is 0 Å². The number of hydrogen-bond acceptors (Lipinski definition) is 6. The van der Waals surface area contributed by atoms with Crippen LogP contribution in [0.1, 0.15) is 36.8 Å². The predicted molar refractivity (Wildman–Crippen MR) is 133 cm³/mol. The molecule has 1 atom stereocenters. The maximum atomic E-state index is 13.3. The van der Waals surface area contributed by atoms with Gasteiger partial charge in [-0.15, -0.1) is 0 Å². The zero-order chi connectivity index (χ0) is 23.6. The molecule has 1 fully saturated rings. The minimum Gasteiger partial charge on any atom is -0.384 e. The Labute approximate surface area is 199 Å². The molecule has 1 aliphatic heterocycles. The maximum absolute atomic E-state index is 13.3. The van der Waals surface area contributed by atoms with Crippen LogP contribution in [-0.4, -0.2) is 48.2 Å². The SMILES string of the molecule is N=C(N)c1cccc(C[C@H](NSc2cccc(NC(=O)CCN)c2)C(=O)N2CCCCC2)c1. The number of nitrogens with zero attached hydrogens (tertiary/aromatic N) is 1. The van der Waals surface area contributed by atoms with Crippen molar-refractivity contribution >= 4 is 35.3 Å². The van der Waals surface area contributed by atoms with Crippen molar-refractivity contribution in [2.45, 2.75) is 43.0 Å². The molecule has 2 aromatic carbocycles. The Morgan fingerprint density at radius 2 is 1.85 bits per heavy atom. The van der Waals surface area contributed by atoms with Crippen LogP contribution in [0.2, 0.25) is 0 Å². The summed E-state index contributed by atoms with van der Waals surface area (Å²) < 4.78 is 3.34. The molecule has 0 unspecified atom stereocenters. The number of rotatable bonds is 10. The summed E-state index contributed by atoms with van der Waals surface area (Å²) in [5, 5.41) is 10.5. The summed E-state index contributed by atoms with van der Waals surface area (Å²) in [5.41, 5.74) is 13.4. The van der Waals surface area contributed by atoms with E-state index in [1.54, 1.807) is 6.07 Å². The Kier molecular flexibility index (Phi) is 9.29. The van der Waals surface area contributed by atoms with Crippen molar-refractivity contribution in [1.82, 2.24) is 9.62 Å². The van der Waals surface area contributed by atoms with Gasteiger partial charge in [-0.05, 0) is 67.5 Å². The van der Waals surface area contributed by atoms with Gasteiger partial charge in [-0.3, -0.25) is 15.0 Å². The van der Waals surface area contributed by atoms with Crippen LogP contribution < -0.4 is 21.5 Å². The number of amidine groups is 1. The average Bonchev–Trinajstić information content (AvgIpc) is 2.82. The third-order valence-corrected chi connectivity index (χ3v) is 6.34. The number of anilines is 1. The highest BCUT2D eigenvalue weighted by molar-refractivity contribution is 7.97. The Morgan fingerprint density at radius 3 is 2.58 bits per heavy atom. The molecule has 33 heavy (non-hydrogen) atoms. The first-order valence-corrected chi connectivity index (χ1v) is 12.0. The predicted octanol–water partition coefficient (Wildman–Crippen LogP) is 2.48. The fraction of sp³-hybridized carbons (Fsp3) is 0.375. The van der Waals surface area contributed by atoms with Crippen LogP contribution in [0, 0.1) is 5.41 Å². The van der Waals surface area contributed by atoms with E-state index in [0.29, 0.717) is 24.2 Å². The number of benzene rings is 2. The molecule has 1 heterocycles. The Morgan fingerprint density at radius 1 is 1.09 bits per heavy atom. The van der Waals surface area contributed by atoms with Crippen LogP contribution in [0.4, 0.5) is 5.69 Å². The van der Waals surface area contributed by atoms with Crippen molar-refractivity contribution in [1.29, 1.82) is 5.41 Å². The minimum atomic E-state index is -0.439. The molecule has 1 saturated heterocycles.